The highest BCUT2D eigenvalue weighted by Crippen LogP contribution is 2.08. The van der Waals surface area contributed by atoms with Crippen LogP contribution in [0.15, 0.2) is 6.20 Å². The Kier molecular flexibility index (Phi) is 4.03. The fourth-order valence-electron chi connectivity index (χ4n) is 1.18. The predicted octanol–water partition coefficient (Wildman–Crippen LogP) is 1.35. The average Bonchev–Trinajstić information content (AvgIpc) is 2.15. The first-order valence-corrected chi connectivity index (χ1v) is 5.24. The Hall–Kier alpha value is -1.16. The molecule has 0 radical (unpaired) electrons. The van der Waals surface area contributed by atoms with Gasteiger partial charge in [-0.1, -0.05) is 13.8 Å². The van der Waals surface area contributed by atoms with Crippen LogP contribution in [0.3, 0.4) is 0 Å². The van der Waals surface area contributed by atoms with Gasteiger partial charge in [-0.3, -0.25) is 0 Å². The fraction of sp³-hybridized carbons (Fsp3) is 0.636. The molecule has 4 nitrogen and oxygen atoms in total. The van der Waals surface area contributed by atoms with Gasteiger partial charge in [-0.15, -0.1) is 0 Å². The zero-order chi connectivity index (χ0) is 11.4. The molecule has 1 aromatic rings. The van der Waals surface area contributed by atoms with Crippen molar-refractivity contribution in [2.45, 2.75) is 33.4 Å². The van der Waals surface area contributed by atoms with Gasteiger partial charge < -0.3 is 10.2 Å². The lowest BCUT2D eigenvalue weighted by Crippen LogP contribution is -2.23. The Morgan fingerprint density at radius 2 is 2.07 bits per heavy atom. The number of hydrogen-bond acceptors (Lipinski definition) is 4. The molecule has 1 aromatic heterocycles. The summed E-state index contributed by atoms with van der Waals surface area (Å²) in [5.74, 6) is 0.765. The van der Waals surface area contributed by atoms with Gasteiger partial charge in [-0.05, 0) is 6.92 Å². The molecule has 0 bridgehead atoms. The molecule has 1 rings (SSSR count). The molecule has 0 fully saturated rings. The third kappa shape index (κ3) is 3.47. The van der Waals surface area contributed by atoms with Crippen molar-refractivity contribution in [1.29, 1.82) is 0 Å². The highest BCUT2D eigenvalue weighted by atomic mass is 15.2. The second kappa shape index (κ2) is 5.07. The Balaban J connectivity index is 2.75. The average molecular weight is 208 g/mol. The van der Waals surface area contributed by atoms with Crippen molar-refractivity contribution >= 4 is 5.95 Å². The zero-order valence-corrected chi connectivity index (χ0v) is 10.2. The summed E-state index contributed by atoms with van der Waals surface area (Å²) in [4.78, 5) is 10.6. The molecule has 15 heavy (non-hydrogen) atoms. The number of hydrogen-bond donors (Lipinski definition) is 1. The van der Waals surface area contributed by atoms with Crippen LogP contribution in [0.25, 0.3) is 0 Å². The maximum atomic E-state index is 4.43. The second-order valence-corrected chi connectivity index (χ2v) is 4.21. The van der Waals surface area contributed by atoms with E-state index in [4.69, 9.17) is 0 Å². The quantitative estimate of drug-likeness (QED) is 0.811. The van der Waals surface area contributed by atoms with E-state index in [9.17, 15) is 0 Å². The fourth-order valence-corrected chi connectivity index (χ4v) is 1.18. The van der Waals surface area contributed by atoms with Crippen molar-refractivity contribution in [2.24, 2.45) is 0 Å². The van der Waals surface area contributed by atoms with Gasteiger partial charge in [0, 0.05) is 44.1 Å². The maximum Gasteiger partial charge on any atom is 0.224 e. The minimum Gasteiger partial charge on any atom is -0.347 e. The summed E-state index contributed by atoms with van der Waals surface area (Å²) in [6.07, 6.45) is 1.90. The summed E-state index contributed by atoms with van der Waals surface area (Å²) >= 11 is 0. The van der Waals surface area contributed by atoms with Crippen molar-refractivity contribution in [2.75, 3.05) is 19.0 Å². The lowest BCUT2D eigenvalue weighted by atomic mass is 10.2. The number of nitrogens with zero attached hydrogens (tertiary/aromatic N) is 3. The Morgan fingerprint density at radius 1 is 1.40 bits per heavy atom. The SMILES string of the molecule is Cc1nc(N(C)C)ncc1CNC(C)C. The first kappa shape index (κ1) is 11.9. The molecular formula is C11H20N4. The zero-order valence-electron chi connectivity index (χ0n) is 10.2. The molecule has 4 heteroatoms. The standard InChI is InChI=1S/C11H20N4/c1-8(2)12-6-10-7-13-11(15(4)5)14-9(10)3/h7-8,12H,6H2,1-5H3. The number of rotatable bonds is 4. The third-order valence-corrected chi connectivity index (χ3v) is 2.17. The number of anilines is 1. The van der Waals surface area contributed by atoms with Crippen LogP contribution in [0.5, 0.6) is 0 Å². The molecule has 1 heterocycles. The summed E-state index contributed by atoms with van der Waals surface area (Å²) in [6.45, 7) is 7.11. The van der Waals surface area contributed by atoms with Crippen molar-refractivity contribution < 1.29 is 0 Å². The summed E-state index contributed by atoms with van der Waals surface area (Å²) in [5, 5.41) is 3.36. The van der Waals surface area contributed by atoms with E-state index in [0.29, 0.717) is 6.04 Å². The minimum absolute atomic E-state index is 0.484. The van der Waals surface area contributed by atoms with E-state index < -0.39 is 0 Å². The molecule has 0 atom stereocenters. The Morgan fingerprint density at radius 3 is 2.53 bits per heavy atom. The molecule has 0 amide bonds. The van der Waals surface area contributed by atoms with E-state index in [1.54, 1.807) is 0 Å². The van der Waals surface area contributed by atoms with E-state index in [0.717, 1.165) is 23.8 Å². The molecule has 84 valence electrons. The molecule has 0 saturated carbocycles. The van der Waals surface area contributed by atoms with Crippen LogP contribution < -0.4 is 10.2 Å². The van der Waals surface area contributed by atoms with E-state index in [2.05, 4.69) is 29.1 Å². The van der Waals surface area contributed by atoms with Crippen molar-refractivity contribution in [3.8, 4) is 0 Å². The van der Waals surface area contributed by atoms with Crippen LogP contribution in [-0.4, -0.2) is 30.1 Å². The largest absolute Gasteiger partial charge is 0.347 e. The maximum absolute atomic E-state index is 4.43. The number of aromatic nitrogens is 2. The van der Waals surface area contributed by atoms with Gasteiger partial charge in [-0.25, -0.2) is 9.97 Å². The van der Waals surface area contributed by atoms with Gasteiger partial charge in [0.15, 0.2) is 0 Å². The van der Waals surface area contributed by atoms with E-state index in [-0.39, 0.29) is 0 Å². The molecule has 0 aliphatic rings. The summed E-state index contributed by atoms with van der Waals surface area (Å²) < 4.78 is 0. The van der Waals surface area contributed by atoms with Crippen molar-refractivity contribution in [1.82, 2.24) is 15.3 Å². The molecule has 1 N–H and O–H groups in total. The highest BCUT2D eigenvalue weighted by Gasteiger charge is 2.04. The topological polar surface area (TPSA) is 41.1 Å². The van der Waals surface area contributed by atoms with E-state index >= 15 is 0 Å². The van der Waals surface area contributed by atoms with Gasteiger partial charge in [0.1, 0.15) is 0 Å². The van der Waals surface area contributed by atoms with Crippen LogP contribution in [0.4, 0.5) is 5.95 Å². The van der Waals surface area contributed by atoms with Gasteiger partial charge in [-0.2, -0.15) is 0 Å². The lowest BCUT2D eigenvalue weighted by molar-refractivity contribution is 0.585. The second-order valence-electron chi connectivity index (χ2n) is 4.21. The van der Waals surface area contributed by atoms with Crippen molar-refractivity contribution in [3.63, 3.8) is 0 Å². The van der Waals surface area contributed by atoms with Gasteiger partial charge in [0.05, 0.1) is 0 Å². The molecule has 0 aromatic carbocycles. The molecule has 0 saturated heterocycles. The van der Waals surface area contributed by atoms with Gasteiger partial charge in [0.2, 0.25) is 5.95 Å². The van der Waals surface area contributed by atoms with E-state index in [1.165, 1.54) is 0 Å². The molecule has 0 aliphatic heterocycles. The van der Waals surface area contributed by atoms with Crippen LogP contribution in [0.2, 0.25) is 0 Å². The monoisotopic (exact) mass is 208 g/mol. The predicted molar refractivity (Wildman–Crippen MR) is 63.1 cm³/mol. The van der Waals surface area contributed by atoms with Crippen LogP contribution in [-0.2, 0) is 6.54 Å². The van der Waals surface area contributed by atoms with Crippen LogP contribution >= 0.6 is 0 Å². The van der Waals surface area contributed by atoms with Gasteiger partial charge in [0.25, 0.3) is 0 Å². The van der Waals surface area contributed by atoms with Gasteiger partial charge >= 0.3 is 0 Å². The van der Waals surface area contributed by atoms with Crippen LogP contribution in [0, 0.1) is 6.92 Å². The van der Waals surface area contributed by atoms with Crippen LogP contribution in [0.1, 0.15) is 25.1 Å². The molecular weight excluding hydrogens is 188 g/mol. The smallest absolute Gasteiger partial charge is 0.224 e. The summed E-state index contributed by atoms with van der Waals surface area (Å²) in [6, 6.07) is 0.484. The van der Waals surface area contributed by atoms with E-state index in [1.807, 2.05) is 32.1 Å². The molecule has 0 aliphatic carbocycles. The Bertz CT molecular complexity index is 320. The summed E-state index contributed by atoms with van der Waals surface area (Å²) in [5.41, 5.74) is 2.20. The van der Waals surface area contributed by atoms with Crippen molar-refractivity contribution in [3.05, 3.63) is 17.5 Å². The number of nitrogens with one attached hydrogen (secondary N) is 1. The first-order chi connectivity index (χ1) is 7.00. The minimum atomic E-state index is 0.484. The molecule has 0 spiro atoms. The third-order valence-electron chi connectivity index (χ3n) is 2.17. The summed E-state index contributed by atoms with van der Waals surface area (Å²) in [7, 11) is 3.89. The first-order valence-electron chi connectivity index (χ1n) is 5.24. The number of aryl methyl sites for hydroxylation is 1. The molecule has 0 unspecified atom stereocenters. The normalized spacial score (nSPS) is 10.8. The Labute approximate surface area is 91.7 Å². The lowest BCUT2D eigenvalue weighted by Gasteiger charge is -2.13. The highest BCUT2D eigenvalue weighted by molar-refractivity contribution is 5.30.